The quantitative estimate of drug-likeness (QED) is 0.701. The van der Waals surface area contributed by atoms with Crippen LogP contribution < -0.4 is 15.0 Å². The van der Waals surface area contributed by atoms with E-state index < -0.39 is 5.97 Å². The highest BCUT2D eigenvalue weighted by molar-refractivity contribution is 9.10. The van der Waals surface area contributed by atoms with E-state index in [2.05, 4.69) is 26.1 Å². The fourth-order valence-electron chi connectivity index (χ4n) is 3.01. The second-order valence-electron chi connectivity index (χ2n) is 6.18. The monoisotopic (exact) mass is 432 g/mol. The molecule has 0 radical (unpaired) electrons. The number of nitrogens with one attached hydrogen (secondary N) is 1. The number of nitrogens with zero attached hydrogens (tertiary/aromatic N) is 1. The maximum atomic E-state index is 12.4. The number of hydrogen-bond acceptors (Lipinski definition) is 5. The molecule has 1 amide bonds. The van der Waals surface area contributed by atoms with Gasteiger partial charge in [0.2, 0.25) is 0 Å². The molecule has 2 aromatic rings. The lowest BCUT2D eigenvalue weighted by atomic mass is 10.1. The number of hydrogen-bond donors (Lipinski definition) is 1. The lowest BCUT2D eigenvalue weighted by molar-refractivity contribution is -0.118. The van der Waals surface area contributed by atoms with Gasteiger partial charge in [-0.25, -0.2) is 4.79 Å². The van der Waals surface area contributed by atoms with E-state index in [1.165, 1.54) is 7.11 Å². The molecule has 3 rings (SSSR count). The van der Waals surface area contributed by atoms with Crippen LogP contribution in [0.5, 0.6) is 5.75 Å². The molecule has 6 nitrogen and oxygen atoms in total. The maximum absolute atomic E-state index is 12.4. The minimum Gasteiger partial charge on any atom is -0.483 e. The van der Waals surface area contributed by atoms with E-state index in [1.807, 2.05) is 24.3 Å². The first kappa shape index (κ1) is 19.2. The van der Waals surface area contributed by atoms with E-state index in [0.717, 1.165) is 36.1 Å². The van der Waals surface area contributed by atoms with Gasteiger partial charge >= 0.3 is 5.97 Å². The van der Waals surface area contributed by atoms with E-state index in [0.29, 0.717) is 17.0 Å². The maximum Gasteiger partial charge on any atom is 0.337 e. The summed E-state index contributed by atoms with van der Waals surface area (Å²) in [7, 11) is 1.33. The van der Waals surface area contributed by atoms with E-state index >= 15 is 0 Å². The molecule has 0 aliphatic carbocycles. The minimum atomic E-state index is -0.442. The van der Waals surface area contributed by atoms with Gasteiger partial charge in [-0.15, -0.1) is 0 Å². The third-order valence-corrected chi connectivity index (χ3v) is 4.99. The van der Waals surface area contributed by atoms with Gasteiger partial charge in [0.15, 0.2) is 6.61 Å². The highest BCUT2D eigenvalue weighted by Gasteiger charge is 2.19. The zero-order valence-electron chi connectivity index (χ0n) is 15.0. The normalized spacial score (nSPS) is 13.3. The van der Waals surface area contributed by atoms with Gasteiger partial charge < -0.3 is 19.7 Å². The number of carbonyl (C=O) groups is 2. The van der Waals surface area contributed by atoms with E-state index in [-0.39, 0.29) is 12.5 Å². The fraction of sp³-hybridized carbons (Fsp3) is 0.300. The predicted octanol–water partition coefficient (Wildman–Crippen LogP) is 3.85. The van der Waals surface area contributed by atoms with Crippen molar-refractivity contribution in [2.75, 3.05) is 37.0 Å². The Kier molecular flexibility index (Phi) is 6.34. The summed E-state index contributed by atoms with van der Waals surface area (Å²) in [5.74, 6) is -0.146. The molecule has 27 heavy (non-hydrogen) atoms. The van der Waals surface area contributed by atoms with Gasteiger partial charge in [-0.2, -0.15) is 0 Å². The molecule has 0 bridgehead atoms. The van der Waals surface area contributed by atoms with Crippen LogP contribution in [-0.2, 0) is 9.53 Å². The summed E-state index contributed by atoms with van der Waals surface area (Å²) in [6, 6.07) is 12.6. The number of amides is 1. The number of para-hydroxylation sites is 1. The summed E-state index contributed by atoms with van der Waals surface area (Å²) < 4.78 is 11.1. The first-order chi connectivity index (χ1) is 13.1. The van der Waals surface area contributed by atoms with Crippen molar-refractivity contribution in [3.63, 3.8) is 0 Å². The second kappa shape index (κ2) is 8.90. The summed E-state index contributed by atoms with van der Waals surface area (Å²) in [6.45, 7) is 1.71. The summed E-state index contributed by atoms with van der Waals surface area (Å²) in [5, 5.41) is 2.87. The summed E-state index contributed by atoms with van der Waals surface area (Å²) in [5.41, 5.74) is 1.87. The molecule has 1 fully saturated rings. The number of rotatable bonds is 6. The Hall–Kier alpha value is -2.54. The van der Waals surface area contributed by atoms with Gasteiger partial charge in [-0.1, -0.05) is 12.1 Å². The summed E-state index contributed by atoms with van der Waals surface area (Å²) in [6.07, 6.45) is 2.22. The van der Waals surface area contributed by atoms with Crippen LogP contribution in [0.1, 0.15) is 23.2 Å². The molecular weight excluding hydrogens is 412 g/mol. The van der Waals surface area contributed by atoms with Crippen LogP contribution in [0.3, 0.4) is 0 Å². The van der Waals surface area contributed by atoms with Crippen molar-refractivity contribution in [2.45, 2.75) is 12.8 Å². The van der Waals surface area contributed by atoms with Crippen molar-refractivity contribution in [3.05, 3.63) is 52.5 Å². The van der Waals surface area contributed by atoms with E-state index in [9.17, 15) is 9.59 Å². The first-order valence-electron chi connectivity index (χ1n) is 8.73. The van der Waals surface area contributed by atoms with Crippen LogP contribution in [0.15, 0.2) is 46.9 Å². The zero-order valence-corrected chi connectivity index (χ0v) is 16.6. The number of ether oxygens (including phenoxy) is 2. The molecule has 0 spiro atoms. The zero-order chi connectivity index (χ0) is 19.2. The highest BCUT2D eigenvalue weighted by Crippen LogP contribution is 2.30. The summed E-state index contributed by atoms with van der Waals surface area (Å²) >= 11 is 3.39. The molecule has 1 aliphatic rings. The van der Waals surface area contributed by atoms with Gasteiger partial charge in [-0.3, -0.25) is 4.79 Å². The molecule has 1 N–H and O–H groups in total. The van der Waals surface area contributed by atoms with Crippen LogP contribution in [0, 0.1) is 0 Å². The van der Waals surface area contributed by atoms with Crippen molar-refractivity contribution < 1.29 is 19.1 Å². The number of benzene rings is 2. The number of carbonyl (C=O) groups excluding carboxylic acids is 2. The smallest absolute Gasteiger partial charge is 0.337 e. The lowest BCUT2D eigenvalue weighted by Crippen LogP contribution is -2.24. The molecule has 1 saturated heterocycles. The SMILES string of the molecule is COC(=O)c1ccc(N2CCCC2)c(NC(=O)COc2ccccc2Br)c1. The van der Waals surface area contributed by atoms with Gasteiger partial charge in [0, 0.05) is 13.1 Å². The van der Waals surface area contributed by atoms with Crippen LogP contribution in [0.2, 0.25) is 0 Å². The Balaban J connectivity index is 1.75. The molecule has 0 atom stereocenters. The molecule has 142 valence electrons. The lowest BCUT2D eigenvalue weighted by Gasteiger charge is -2.22. The fourth-order valence-corrected chi connectivity index (χ4v) is 3.41. The Morgan fingerprint density at radius 1 is 1.15 bits per heavy atom. The predicted molar refractivity (Wildman–Crippen MR) is 107 cm³/mol. The Morgan fingerprint density at radius 3 is 2.59 bits per heavy atom. The van der Waals surface area contributed by atoms with Crippen LogP contribution in [-0.4, -0.2) is 38.7 Å². The van der Waals surface area contributed by atoms with Crippen LogP contribution >= 0.6 is 15.9 Å². The first-order valence-corrected chi connectivity index (χ1v) is 9.52. The third-order valence-electron chi connectivity index (χ3n) is 4.33. The standard InChI is InChI=1S/C20H21BrN2O4/c1-26-20(25)14-8-9-17(23-10-4-5-11-23)16(12-14)22-19(24)13-27-18-7-3-2-6-15(18)21/h2-3,6-9,12H,4-5,10-11,13H2,1H3,(H,22,24). The average molecular weight is 433 g/mol. The molecule has 0 unspecified atom stereocenters. The molecule has 2 aromatic carbocycles. The van der Waals surface area contributed by atoms with Crippen molar-refractivity contribution in [1.82, 2.24) is 0 Å². The molecule has 7 heteroatoms. The van der Waals surface area contributed by atoms with Crippen molar-refractivity contribution >= 4 is 39.2 Å². The van der Waals surface area contributed by atoms with Gasteiger partial charge in [0.25, 0.3) is 5.91 Å². The van der Waals surface area contributed by atoms with E-state index in [1.54, 1.807) is 18.2 Å². The van der Waals surface area contributed by atoms with Crippen LogP contribution in [0.25, 0.3) is 0 Å². The largest absolute Gasteiger partial charge is 0.483 e. The third kappa shape index (κ3) is 4.80. The molecule has 1 aliphatic heterocycles. The van der Waals surface area contributed by atoms with Crippen LogP contribution in [0.4, 0.5) is 11.4 Å². The van der Waals surface area contributed by atoms with Gasteiger partial charge in [-0.05, 0) is 59.1 Å². The average Bonchev–Trinajstić information content (AvgIpc) is 3.21. The number of halogens is 1. The molecule has 0 aromatic heterocycles. The number of anilines is 2. The molecule has 0 saturated carbocycles. The second-order valence-corrected chi connectivity index (χ2v) is 7.04. The van der Waals surface area contributed by atoms with Crippen molar-refractivity contribution in [2.24, 2.45) is 0 Å². The molecular formula is C20H21BrN2O4. The Bertz CT molecular complexity index is 834. The topological polar surface area (TPSA) is 67.9 Å². The number of methoxy groups -OCH3 is 1. The summed E-state index contributed by atoms with van der Waals surface area (Å²) in [4.78, 5) is 26.5. The highest BCUT2D eigenvalue weighted by atomic mass is 79.9. The molecule has 1 heterocycles. The van der Waals surface area contributed by atoms with Gasteiger partial charge in [0.1, 0.15) is 5.75 Å². The Morgan fingerprint density at radius 2 is 1.89 bits per heavy atom. The van der Waals surface area contributed by atoms with Gasteiger partial charge in [0.05, 0.1) is 28.5 Å². The minimum absolute atomic E-state index is 0.134. The number of esters is 1. The van der Waals surface area contributed by atoms with E-state index in [4.69, 9.17) is 9.47 Å². The van der Waals surface area contributed by atoms with Crippen molar-refractivity contribution in [3.8, 4) is 5.75 Å². The Labute approximate surface area is 166 Å². The van der Waals surface area contributed by atoms with Crippen molar-refractivity contribution in [1.29, 1.82) is 0 Å².